The first kappa shape index (κ1) is 57.3. The third-order valence-corrected chi connectivity index (χ3v) is 11.0. The highest BCUT2D eigenvalue weighted by Gasteiger charge is 2.51. The van der Waals surface area contributed by atoms with Crippen molar-refractivity contribution in [3.8, 4) is 0 Å². The van der Waals surface area contributed by atoms with Crippen molar-refractivity contribution in [2.75, 3.05) is 19.8 Å². The molecule has 13 heteroatoms. The van der Waals surface area contributed by atoms with Gasteiger partial charge in [0, 0.05) is 13.0 Å². The Bertz CT molecular complexity index is 1390. The topological polar surface area (TPSA) is 192 Å². The van der Waals surface area contributed by atoms with Gasteiger partial charge in [-0.2, -0.15) is 0 Å². The van der Waals surface area contributed by atoms with Crippen molar-refractivity contribution in [3.63, 3.8) is 0 Å². The summed E-state index contributed by atoms with van der Waals surface area (Å²) >= 11 is 0. The predicted molar refractivity (Wildman–Crippen MR) is 248 cm³/mol. The lowest BCUT2D eigenvalue weighted by molar-refractivity contribution is -0.220. The normalized spacial score (nSPS) is 22.9. The summed E-state index contributed by atoms with van der Waals surface area (Å²) in [4.78, 5) is 23.1. The van der Waals surface area contributed by atoms with Crippen molar-refractivity contribution in [3.05, 3.63) is 97.2 Å². The van der Waals surface area contributed by atoms with E-state index in [0.29, 0.717) is 13.0 Å². The van der Waals surface area contributed by atoms with Crippen LogP contribution in [-0.4, -0.2) is 98.9 Å². The highest BCUT2D eigenvalue weighted by atomic mass is 31.2. The second kappa shape index (κ2) is 38.7. The van der Waals surface area contributed by atoms with Gasteiger partial charge in [0.05, 0.1) is 13.2 Å². The van der Waals surface area contributed by atoms with Crippen LogP contribution in [0.2, 0.25) is 0 Å². The molecule has 0 saturated heterocycles. The molecular formula is C49H81O12P. The molecule has 1 aliphatic rings. The van der Waals surface area contributed by atoms with Gasteiger partial charge < -0.3 is 39.9 Å². The molecule has 0 aromatic carbocycles. The summed E-state index contributed by atoms with van der Waals surface area (Å²) in [6.07, 6.45) is 40.7. The van der Waals surface area contributed by atoms with E-state index in [1.165, 1.54) is 32.1 Å². The first-order valence-corrected chi connectivity index (χ1v) is 24.6. The molecule has 0 aromatic heterocycles. The minimum absolute atomic E-state index is 0.0574. The monoisotopic (exact) mass is 893 g/mol. The summed E-state index contributed by atoms with van der Waals surface area (Å²) in [6.45, 7) is 3.91. The number of ether oxygens (including phenoxy) is 2. The third kappa shape index (κ3) is 30.4. The Kier molecular flexibility index (Phi) is 35.7. The van der Waals surface area contributed by atoms with Crippen LogP contribution in [0.5, 0.6) is 0 Å². The highest BCUT2D eigenvalue weighted by molar-refractivity contribution is 7.47. The first-order valence-electron chi connectivity index (χ1n) is 23.1. The van der Waals surface area contributed by atoms with Crippen LogP contribution in [0.15, 0.2) is 97.2 Å². The van der Waals surface area contributed by atoms with E-state index in [1.807, 2.05) is 18.2 Å². The van der Waals surface area contributed by atoms with E-state index in [4.69, 9.17) is 18.5 Å². The minimum Gasteiger partial charge on any atom is -0.457 e. The summed E-state index contributed by atoms with van der Waals surface area (Å²) in [5.74, 6) is -0.563. The SMILES string of the molecule is CC/C=C\C/C=C\C/C=C\C/C=C\CCCCCCCCCCCOCC(COP(=O)(O)OC1C(O)C(O)C(O)C(O)C1O)OC(=O)CC/C=C\C/C=C\C/C=C\C/C=C\CC. The summed E-state index contributed by atoms with van der Waals surface area (Å²) < 4.78 is 34.1. The van der Waals surface area contributed by atoms with Crippen LogP contribution in [0.4, 0.5) is 0 Å². The molecule has 1 fully saturated rings. The van der Waals surface area contributed by atoms with Crippen LogP contribution in [-0.2, 0) is 27.9 Å². The van der Waals surface area contributed by atoms with Crippen molar-refractivity contribution in [2.45, 2.75) is 185 Å². The highest BCUT2D eigenvalue weighted by Crippen LogP contribution is 2.47. The number of allylic oxidation sites excluding steroid dienone is 16. The molecule has 0 radical (unpaired) electrons. The van der Waals surface area contributed by atoms with E-state index >= 15 is 0 Å². The smallest absolute Gasteiger partial charge is 0.457 e. The predicted octanol–water partition coefficient (Wildman–Crippen LogP) is 9.53. The Morgan fingerprint density at radius 3 is 1.37 bits per heavy atom. The van der Waals surface area contributed by atoms with Crippen LogP contribution in [0.25, 0.3) is 0 Å². The molecule has 6 N–H and O–H groups in total. The van der Waals surface area contributed by atoms with Crippen molar-refractivity contribution < 1.29 is 58.3 Å². The van der Waals surface area contributed by atoms with Crippen LogP contribution in [0.3, 0.4) is 0 Å². The van der Waals surface area contributed by atoms with Gasteiger partial charge in [0.2, 0.25) is 0 Å². The first-order chi connectivity index (χ1) is 30.0. The van der Waals surface area contributed by atoms with E-state index in [-0.39, 0.29) is 13.0 Å². The Balaban J connectivity index is 2.40. The number of phosphoric ester groups is 1. The number of aliphatic hydroxyl groups is 5. The molecule has 6 unspecified atom stereocenters. The third-order valence-electron chi connectivity index (χ3n) is 9.97. The number of carbonyl (C=O) groups is 1. The number of hydrogen-bond donors (Lipinski definition) is 6. The van der Waals surface area contributed by atoms with Crippen molar-refractivity contribution in [2.24, 2.45) is 0 Å². The van der Waals surface area contributed by atoms with E-state index in [9.17, 15) is 39.8 Å². The largest absolute Gasteiger partial charge is 0.472 e. The zero-order valence-corrected chi connectivity index (χ0v) is 38.5. The molecule has 1 aliphatic carbocycles. The summed E-state index contributed by atoms with van der Waals surface area (Å²) in [7, 11) is -5.04. The quantitative estimate of drug-likeness (QED) is 0.0150. The van der Waals surface area contributed by atoms with E-state index in [2.05, 4.69) is 92.8 Å². The van der Waals surface area contributed by atoms with Gasteiger partial charge >= 0.3 is 13.8 Å². The molecule has 62 heavy (non-hydrogen) atoms. The molecule has 6 atom stereocenters. The lowest BCUT2D eigenvalue weighted by Gasteiger charge is -2.41. The fourth-order valence-electron chi connectivity index (χ4n) is 6.36. The molecule has 0 heterocycles. The molecule has 1 saturated carbocycles. The lowest BCUT2D eigenvalue weighted by Crippen LogP contribution is -2.64. The number of aliphatic hydroxyl groups excluding tert-OH is 5. The summed E-state index contributed by atoms with van der Waals surface area (Å²) in [5.41, 5.74) is 0. The molecule has 0 aromatic rings. The molecule has 354 valence electrons. The van der Waals surface area contributed by atoms with Crippen molar-refractivity contribution >= 4 is 13.8 Å². The minimum atomic E-state index is -5.04. The van der Waals surface area contributed by atoms with Crippen LogP contribution in [0.1, 0.15) is 142 Å². The number of hydrogen-bond acceptors (Lipinski definition) is 11. The Hall–Kier alpha value is -2.74. The van der Waals surface area contributed by atoms with E-state index in [0.717, 1.165) is 83.5 Å². The average molecular weight is 893 g/mol. The maximum Gasteiger partial charge on any atom is 0.472 e. The van der Waals surface area contributed by atoms with Gasteiger partial charge in [0.1, 0.15) is 42.7 Å². The van der Waals surface area contributed by atoms with Gasteiger partial charge in [-0.25, -0.2) is 4.57 Å². The fraction of sp³-hybridized carbons (Fsp3) is 0.653. The lowest BCUT2D eigenvalue weighted by atomic mass is 9.85. The zero-order valence-electron chi connectivity index (χ0n) is 37.6. The maximum absolute atomic E-state index is 12.8. The Morgan fingerprint density at radius 2 is 0.903 bits per heavy atom. The fourth-order valence-corrected chi connectivity index (χ4v) is 7.33. The van der Waals surface area contributed by atoms with Gasteiger partial charge in [-0.1, -0.05) is 156 Å². The summed E-state index contributed by atoms with van der Waals surface area (Å²) in [6, 6.07) is 0. The van der Waals surface area contributed by atoms with Crippen LogP contribution in [0, 0.1) is 0 Å². The number of rotatable bonds is 37. The summed E-state index contributed by atoms with van der Waals surface area (Å²) in [5, 5.41) is 50.2. The number of esters is 1. The van der Waals surface area contributed by atoms with Gasteiger partial charge in [-0.3, -0.25) is 13.8 Å². The molecular weight excluding hydrogens is 812 g/mol. The van der Waals surface area contributed by atoms with Crippen molar-refractivity contribution in [1.82, 2.24) is 0 Å². The van der Waals surface area contributed by atoms with Gasteiger partial charge in [0.25, 0.3) is 0 Å². The maximum atomic E-state index is 12.8. The average Bonchev–Trinajstić information content (AvgIpc) is 3.26. The van der Waals surface area contributed by atoms with Crippen molar-refractivity contribution in [1.29, 1.82) is 0 Å². The van der Waals surface area contributed by atoms with E-state index < -0.39 is 63.1 Å². The number of unbranched alkanes of at least 4 members (excludes halogenated alkanes) is 9. The molecule has 12 nitrogen and oxygen atoms in total. The molecule has 0 aliphatic heterocycles. The molecule has 0 amide bonds. The second-order valence-corrected chi connectivity index (χ2v) is 16.9. The Labute approximate surface area is 373 Å². The molecule has 1 rings (SSSR count). The van der Waals surface area contributed by atoms with Gasteiger partial charge in [0.15, 0.2) is 0 Å². The zero-order chi connectivity index (χ0) is 45.5. The standard InChI is InChI=1S/C49H81O12P/c1-3-5-7-9-11-13-15-17-18-19-20-21-22-23-24-25-27-29-31-33-35-37-39-58-40-42(41-59-62(56,57)61-49-47(54)45(52)44(51)46(53)48(49)55)60-43(50)38-36-34-32-30-28-26-16-14-12-10-8-6-4-2/h5-8,11-14,17-18,20-21,26,28,32,34,42,44-49,51-55H,3-4,9-10,15-16,19,22-25,27,29-31,33,35-41H2,1-2H3,(H,56,57)/b7-5-,8-6-,13-11-,14-12-,18-17-,21-20-,28-26-,34-32-. The molecule has 0 spiro atoms. The number of carbonyl (C=O) groups excluding carboxylic acids is 1. The van der Waals surface area contributed by atoms with Crippen LogP contribution >= 0.6 is 7.82 Å². The van der Waals surface area contributed by atoms with Gasteiger partial charge in [-0.15, -0.1) is 0 Å². The second-order valence-electron chi connectivity index (χ2n) is 15.5. The number of phosphoric acid groups is 1. The molecule has 0 bridgehead atoms. The Morgan fingerprint density at radius 1 is 0.516 bits per heavy atom. The van der Waals surface area contributed by atoms with Gasteiger partial charge in [-0.05, 0) is 77.0 Å². The van der Waals surface area contributed by atoms with Crippen LogP contribution < -0.4 is 0 Å². The van der Waals surface area contributed by atoms with E-state index in [1.54, 1.807) is 0 Å².